The number of thiol groups is 1. The van der Waals surface area contributed by atoms with Crippen molar-refractivity contribution >= 4 is 152 Å². The zero-order valence-corrected chi connectivity index (χ0v) is 80.6. The molecule has 0 aliphatic carbocycles. The maximum atomic E-state index is 15.2. The summed E-state index contributed by atoms with van der Waals surface area (Å²) in [7, 11) is 2.53. The second-order valence-electron chi connectivity index (χ2n) is 31.2. The molecule has 730 valence electrons. The van der Waals surface area contributed by atoms with Gasteiger partial charge in [-0.05, 0) is 93.7 Å². The molecule has 0 amide bonds. The summed E-state index contributed by atoms with van der Waals surface area (Å²) in [5.41, 5.74) is 9.68. The van der Waals surface area contributed by atoms with Crippen LogP contribution >= 0.6 is 52.6 Å². The summed E-state index contributed by atoms with van der Waals surface area (Å²) >= 11 is 32.0. The number of hydrogen-bond acceptors (Lipinski definition) is 45. The number of hydrogen-bond donors (Lipinski definition) is 14. The van der Waals surface area contributed by atoms with Gasteiger partial charge in [-0.15, -0.1) is 0 Å². The molecule has 0 radical (unpaired) electrons. The van der Waals surface area contributed by atoms with Crippen LogP contribution in [0.4, 0.5) is 17.6 Å². The average Bonchev–Trinajstić information content (AvgIpc) is 1.54. The second-order valence-corrected chi connectivity index (χ2v) is 48.1. The minimum Gasteiger partial charge on any atom is -0.394 e. The van der Waals surface area contributed by atoms with Gasteiger partial charge in [0.25, 0.3) is 22.2 Å². The van der Waals surface area contributed by atoms with E-state index >= 15 is 4.57 Å². The van der Waals surface area contributed by atoms with Gasteiger partial charge < -0.3 is 130 Å². The second kappa shape index (κ2) is 40.3. The number of nitrogen functional groups attached to an aromatic ring is 3. The number of rotatable bonds is 39. The maximum absolute atomic E-state index is 15.2. The molecular formula is C66H89N19O36P6S6. The Balaban J connectivity index is 0.660. The van der Waals surface area contributed by atoms with Crippen LogP contribution in [0.5, 0.6) is 0 Å². The number of aliphatic hydroxyl groups excluding tert-OH is 1. The fraction of sp³-hybridized carbons (Fsp3) is 0.606. The SMILES string of the molecule is COCCOC1[C@@H](OP(O)(=S)OC[C@]23O[C@@H](n4cc(C)c(=O)[nH]c4=O)C(O[C@H]2C)[C@H]3OP(=O)(S)OC[C@H]2O[C@@H](n3cc(C)c(=O)[nH]c3=O)C[C@H]2OP(O)(=S)OC[C@H]2O[C@@H](n3cnc4c(=O)[nH]c(N)nc43)C[C@H]2OP(O)(=S)OC[C@H]2O[C@@H](n3cc(C)c(=O)[nH]c3=O)C[C@H]2OP(O)(=S)OC[C@H]2O[C@@H](n3cc(C)c(N)nc3=O)C[C@H]2OP(O)(=S)OC)[C@@H](CO)O[C@H]1n1cnc2c(N)ncnc21. The minimum absolute atomic E-state index is 0.0205. The predicted octanol–water partition coefficient (Wildman–Crippen LogP) is -0.864. The van der Waals surface area contributed by atoms with E-state index in [-0.39, 0.29) is 89.1 Å². The van der Waals surface area contributed by atoms with Crippen LogP contribution < -0.4 is 62.2 Å². The molecule has 16 N–H and O–H groups in total. The summed E-state index contributed by atoms with van der Waals surface area (Å²) < 4.78 is 150. The lowest BCUT2D eigenvalue weighted by molar-refractivity contribution is -0.216. The van der Waals surface area contributed by atoms with Crippen LogP contribution in [-0.4, -0.2) is 265 Å². The third-order valence-electron chi connectivity index (χ3n) is 22.3. The molecule has 133 heavy (non-hydrogen) atoms. The van der Waals surface area contributed by atoms with E-state index in [0.717, 1.165) is 37.8 Å². The Morgan fingerprint density at radius 2 is 0.962 bits per heavy atom. The Kier molecular flexibility index (Phi) is 30.7. The number of aliphatic hydroxyl groups is 1. The number of nitrogens with one attached hydrogen (secondary N) is 4. The molecule has 7 fully saturated rings. The molecule has 2 bridgehead atoms. The minimum atomic E-state index is -5.00. The molecule has 0 spiro atoms. The number of aromatic amines is 4. The number of aromatic nitrogens is 16. The topological polar surface area (TPSA) is 717 Å². The van der Waals surface area contributed by atoms with E-state index in [2.05, 4.69) is 62.1 Å². The van der Waals surface area contributed by atoms with E-state index in [0.29, 0.717) is 5.56 Å². The molecule has 27 atom stereocenters. The molecule has 0 aromatic carbocycles. The highest BCUT2D eigenvalue weighted by molar-refractivity contribution is 8.44. The van der Waals surface area contributed by atoms with Crippen molar-refractivity contribution in [3.63, 3.8) is 0 Å². The van der Waals surface area contributed by atoms with Crippen LogP contribution in [0.15, 0.2) is 82.1 Å². The fourth-order valence-electron chi connectivity index (χ4n) is 15.8. The van der Waals surface area contributed by atoms with Crippen LogP contribution in [0.25, 0.3) is 22.3 Å². The first-order chi connectivity index (χ1) is 62.6. The average molecular weight is 2100 g/mol. The molecular weight excluding hydrogens is 2010 g/mol. The lowest BCUT2D eigenvalue weighted by Crippen LogP contribution is -2.51. The summed E-state index contributed by atoms with van der Waals surface area (Å²) in [5.74, 6) is -0.353. The zero-order chi connectivity index (χ0) is 95.8. The molecule has 7 aliphatic heterocycles. The first-order valence-corrected chi connectivity index (χ1v) is 55.4. The third-order valence-corrected chi connectivity index (χ3v) is 31.9. The predicted molar refractivity (Wildman–Crippen MR) is 477 cm³/mol. The van der Waals surface area contributed by atoms with Crippen LogP contribution in [0.1, 0.15) is 92.2 Å². The number of nitrogens with two attached hydrogens (primary N) is 3. The van der Waals surface area contributed by atoms with Crippen molar-refractivity contribution in [1.82, 2.24) is 77.2 Å². The molecule has 7 aliphatic rings. The summed E-state index contributed by atoms with van der Waals surface area (Å²) in [4.78, 5) is 198. The summed E-state index contributed by atoms with van der Waals surface area (Å²) in [6.45, 7) is -25.4. The standard InChI is InChI=1S/C66H89N19O36P6S6/c1-27-14-80(62(91)74-51(27)67)41-10-32(116-122(95,128)102-7)37(110-41)19-104-123(96,129)117-33-11-42(81-15-28(2)55(87)77-63(81)92)111-38(33)20-105-125(98,131)119-35-13-44(84-25-73-46-54(84)75-61(69)76-58(46)90)113-40(35)21-106-124(97,130)118-34-12-43(82-16-29(3)56(88)78-64(82)93)112-39(34)22-107-126(99,132)121-50-49-60(83-17-30(4)57(89)79-65(83)94)115-66(50,31(5)109-49)23-108-127(100,133)120-47-36(18-86)114-59(48(47)103-9-8-101-6)85-26-72-45-52(68)70-24-71-53(45)85/h14-17,24-26,31-44,47-50,59-60,86H,8-13,18-23H2,1-7H3,(H,95,128)(H,96,129)(H,97,130)(H,98,131)(H,99,132)(H,100,133)(H2,67,74,91)(H2,68,70,71)(H,77,87,92)(H,78,88,93)(H,79,89,94)(H3,69,75,76,90)/t31-,32+,33+,34+,35+,36+,37+,38+,39+,40+,41+,42+,43+,44+,47-,48?,49?,50+,59+,60+,66-,122?,123?,124?,125?,126?,127?/m0/s1. The van der Waals surface area contributed by atoms with Crippen molar-refractivity contribution in [3.05, 3.63) is 149 Å². The fourth-order valence-corrected chi connectivity index (χ4v) is 24.1. The van der Waals surface area contributed by atoms with Crippen molar-refractivity contribution in [2.24, 2.45) is 0 Å². The van der Waals surface area contributed by atoms with E-state index in [1.54, 1.807) is 6.92 Å². The monoisotopic (exact) mass is 2100 g/mol. The molecule has 15 rings (SSSR count). The highest BCUT2D eigenvalue weighted by Crippen LogP contribution is 2.63. The molecule has 8 aromatic rings. The number of H-pyrrole nitrogens is 4. The summed E-state index contributed by atoms with van der Waals surface area (Å²) in [6, 6.07) is 0. The smallest absolute Gasteiger partial charge is 0.386 e. The van der Waals surface area contributed by atoms with Crippen molar-refractivity contribution < 1.29 is 131 Å². The number of anilines is 3. The summed E-state index contributed by atoms with van der Waals surface area (Å²) in [5, 5.41) is 10.8. The van der Waals surface area contributed by atoms with E-state index in [1.165, 1.54) is 75.3 Å². The quantitative estimate of drug-likeness (QED) is 0.0127. The first kappa shape index (κ1) is 101. The first-order valence-electron chi connectivity index (χ1n) is 39.8. The van der Waals surface area contributed by atoms with Gasteiger partial charge in [0.15, 0.2) is 35.1 Å². The lowest BCUT2D eigenvalue weighted by Gasteiger charge is -2.37. The van der Waals surface area contributed by atoms with Crippen molar-refractivity contribution in [2.75, 3.05) is 84.3 Å². The largest absolute Gasteiger partial charge is 0.394 e. The normalized spacial score (nSPS) is 31.0. The van der Waals surface area contributed by atoms with Gasteiger partial charge in [-0.2, -0.15) is 9.97 Å². The van der Waals surface area contributed by atoms with E-state index < -0.39 is 260 Å². The van der Waals surface area contributed by atoms with Crippen molar-refractivity contribution in [2.45, 2.75) is 189 Å². The van der Waals surface area contributed by atoms with Gasteiger partial charge in [0.1, 0.15) is 103 Å². The van der Waals surface area contributed by atoms with Crippen LogP contribution in [0, 0.1) is 27.7 Å². The van der Waals surface area contributed by atoms with Crippen molar-refractivity contribution in [1.29, 1.82) is 0 Å². The van der Waals surface area contributed by atoms with Gasteiger partial charge in [0.2, 0.25) is 5.95 Å². The Hall–Kier alpha value is -6.03. The van der Waals surface area contributed by atoms with E-state index in [1.807, 2.05) is 0 Å². The molecule has 67 heteroatoms. The van der Waals surface area contributed by atoms with Gasteiger partial charge in [-0.25, -0.2) is 43.7 Å². The Bertz CT molecular complexity index is 6570. The molecule has 8 unspecified atom stereocenters. The van der Waals surface area contributed by atoms with E-state index in [9.17, 15) is 67.9 Å². The van der Waals surface area contributed by atoms with Crippen LogP contribution in [-0.2, 0) is 161 Å². The number of nitrogens with zero attached hydrogens (tertiary/aromatic N) is 12. The highest BCUT2D eigenvalue weighted by atomic mass is 32.7. The van der Waals surface area contributed by atoms with Gasteiger partial charge in [-0.3, -0.25) is 80.1 Å². The van der Waals surface area contributed by atoms with Crippen LogP contribution in [0.2, 0.25) is 0 Å². The molecule has 0 saturated carbocycles. The number of aryl methyl sites for hydroxylation is 4. The number of fused-ring (bicyclic) bond motifs is 4. The molecule has 55 nitrogen and oxygen atoms in total. The highest BCUT2D eigenvalue weighted by Gasteiger charge is 2.69. The number of methoxy groups -OCH3 is 1. The Labute approximate surface area is 777 Å². The van der Waals surface area contributed by atoms with E-state index in [4.69, 9.17) is 173 Å². The zero-order valence-electron chi connectivity index (χ0n) is 70.3. The maximum Gasteiger partial charge on any atom is 0.386 e. The molecule has 7 saturated heterocycles. The van der Waals surface area contributed by atoms with Gasteiger partial charge in [-0.1, -0.05) is 12.2 Å². The van der Waals surface area contributed by atoms with Gasteiger partial charge in [0.05, 0.1) is 96.0 Å². The van der Waals surface area contributed by atoms with Crippen molar-refractivity contribution in [3.8, 4) is 0 Å². The molecule has 8 aromatic heterocycles. The van der Waals surface area contributed by atoms with Gasteiger partial charge in [0, 0.05) is 86.9 Å². The number of imidazole rings is 2. The van der Waals surface area contributed by atoms with Gasteiger partial charge >= 0.3 is 63.1 Å². The molecule has 15 heterocycles. The lowest BCUT2D eigenvalue weighted by atomic mass is 9.94. The number of ether oxygens (including phenoxy) is 9. The van der Waals surface area contributed by atoms with Crippen LogP contribution in [0.3, 0.4) is 0 Å². The summed E-state index contributed by atoms with van der Waals surface area (Å²) in [6.07, 6.45) is -20.6. The Morgan fingerprint density at radius 1 is 0.496 bits per heavy atom. The Morgan fingerprint density at radius 3 is 1.48 bits per heavy atom. The third kappa shape index (κ3) is 22.4.